The number of benzene rings is 3. The van der Waals surface area contributed by atoms with Gasteiger partial charge in [-0.1, -0.05) is 93.1 Å². The lowest BCUT2D eigenvalue weighted by molar-refractivity contribution is -0.120. The van der Waals surface area contributed by atoms with Gasteiger partial charge in [0.1, 0.15) is 11.5 Å². The second-order valence-corrected chi connectivity index (χ2v) is 10.7. The Morgan fingerprint density at radius 3 is 2.00 bits per heavy atom. The minimum Gasteiger partial charge on any atom is -0.508 e. The molecule has 1 aliphatic heterocycles. The summed E-state index contributed by atoms with van der Waals surface area (Å²) in [5, 5.41) is 20.9. The fourth-order valence-electron chi connectivity index (χ4n) is 5.38. The van der Waals surface area contributed by atoms with Crippen LogP contribution in [0.15, 0.2) is 78.9 Å². The van der Waals surface area contributed by atoms with Gasteiger partial charge in [0.05, 0.1) is 12.5 Å². The second kappa shape index (κ2) is 11.9. The molecule has 4 heteroatoms. The third-order valence-corrected chi connectivity index (χ3v) is 7.65. The predicted octanol–water partition coefficient (Wildman–Crippen LogP) is 6.37. The molecule has 3 aromatic rings. The van der Waals surface area contributed by atoms with Gasteiger partial charge >= 0.3 is 0 Å². The number of hydrogen-bond donors (Lipinski definition) is 2. The van der Waals surface area contributed by atoms with E-state index in [1.54, 1.807) is 6.07 Å². The van der Waals surface area contributed by atoms with E-state index in [9.17, 15) is 15.0 Å². The average molecular weight is 486 g/mol. The third kappa shape index (κ3) is 6.05. The summed E-state index contributed by atoms with van der Waals surface area (Å²) in [6.07, 6.45) is 4.58. The Kier molecular flexibility index (Phi) is 8.60. The van der Waals surface area contributed by atoms with Gasteiger partial charge in [0.15, 0.2) is 0 Å². The molecule has 0 aromatic heterocycles. The summed E-state index contributed by atoms with van der Waals surface area (Å²) in [5.41, 5.74) is 3.39. The number of piperidine rings is 1. The molecule has 0 aliphatic carbocycles. The number of aliphatic hydroxyl groups is 1. The number of phenolic OH excluding ortho intramolecular Hbond substituents is 1. The monoisotopic (exact) mass is 485 g/mol. The molecule has 3 aromatic carbocycles. The SMILES string of the molecule is CC(C)(CO)c1ccc(C(CCC(=O)C(c2ccccc2)c2ccccc2)N2CCCCC2)c(O)c1. The van der Waals surface area contributed by atoms with Crippen LogP contribution in [0, 0.1) is 0 Å². The summed E-state index contributed by atoms with van der Waals surface area (Å²) in [7, 11) is 0. The van der Waals surface area contributed by atoms with Crippen LogP contribution in [0.5, 0.6) is 5.75 Å². The van der Waals surface area contributed by atoms with Crippen molar-refractivity contribution in [3.05, 3.63) is 101 Å². The standard InChI is InChI=1S/C32H39NO3/c1-32(2,23-34)26-16-17-27(30(36)22-26)28(33-20-10-5-11-21-33)18-19-29(35)31(24-12-6-3-7-13-24)25-14-8-4-9-15-25/h3-4,6-9,12-17,22,28,31,34,36H,5,10-11,18-21,23H2,1-2H3. The van der Waals surface area contributed by atoms with Crippen LogP contribution in [0.2, 0.25) is 0 Å². The van der Waals surface area contributed by atoms with E-state index >= 15 is 0 Å². The molecule has 1 aliphatic rings. The largest absolute Gasteiger partial charge is 0.508 e. The van der Waals surface area contributed by atoms with Crippen LogP contribution in [-0.2, 0) is 10.2 Å². The van der Waals surface area contributed by atoms with Crippen LogP contribution in [0.3, 0.4) is 0 Å². The molecular formula is C32H39NO3. The summed E-state index contributed by atoms with van der Waals surface area (Å²) in [6, 6.07) is 25.8. The van der Waals surface area contributed by atoms with Crippen LogP contribution in [0.25, 0.3) is 0 Å². The van der Waals surface area contributed by atoms with Crippen molar-refractivity contribution in [3.8, 4) is 5.75 Å². The maximum Gasteiger partial charge on any atom is 0.144 e. The molecule has 1 saturated heterocycles. The van der Waals surface area contributed by atoms with Crippen molar-refractivity contribution >= 4 is 5.78 Å². The van der Waals surface area contributed by atoms with Gasteiger partial charge in [-0.05, 0) is 55.1 Å². The van der Waals surface area contributed by atoms with Crippen LogP contribution in [-0.4, -0.2) is 40.6 Å². The fourth-order valence-corrected chi connectivity index (χ4v) is 5.38. The smallest absolute Gasteiger partial charge is 0.144 e. The molecule has 2 N–H and O–H groups in total. The molecule has 1 fully saturated rings. The van der Waals surface area contributed by atoms with Gasteiger partial charge in [-0.25, -0.2) is 0 Å². The first kappa shape index (κ1) is 26.1. The number of nitrogens with zero attached hydrogens (tertiary/aromatic N) is 1. The summed E-state index contributed by atoms with van der Waals surface area (Å²) < 4.78 is 0. The number of likely N-dealkylation sites (tertiary alicyclic amines) is 1. The highest BCUT2D eigenvalue weighted by Gasteiger charge is 2.29. The second-order valence-electron chi connectivity index (χ2n) is 10.7. The fraction of sp³-hybridized carbons (Fsp3) is 0.406. The van der Waals surface area contributed by atoms with Crippen LogP contribution in [0.1, 0.15) is 80.2 Å². The highest BCUT2D eigenvalue weighted by atomic mass is 16.3. The molecule has 4 nitrogen and oxygen atoms in total. The first-order valence-electron chi connectivity index (χ1n) is 13.2. The van der Waals surface area contributed by atoms with Gasteiger partial charge in [0.25, 0.3) is 0 Å². The zero-order valence-electron chi connectivity index (χ0n) is 21.6. The van der Waals surface area contributed by atoms with E-state index in [1.165, 1.54) is 6.42 Å². The van der Waals surface area contributed by atoms with Gasteiger partial charge in [0, 0.05) is 23.4 Å². The van der Waals surface area contributed by atoms with E-state index in [2.05, 4.69) is 4.90 Å². The molecule has 1 unspecified atom stereocenters. The van der Waals surface area contributed by atoms with E-state index in [1.807, 2.05) is 86.6 Å². The van der Waals surface area contributed by atoms with Gasteiger partial charge in [0.2, 0.25) is 0 Å². The van der Waals surface area contributed by atoms with Gasteiger partial charge in [-0.15, -0.1) is 0 Å². The predicted molar refractivity (Wildman–Crippen MR) is 145 cm³/mol. The van der Waals surface area contributed by atoms with Crippen LogP contribution >= 0.6 is 0 Å². The number of rotatable bonds is 10. The molecule has 0 radical (unpaired) electrons. The van der Waals surface area contributed by atoms with Crippen molar-refractivity contribution in [3.63, 3.8) is 0 Å². The Hall–Kier alpha value is -2.95. The molecule has 0 saturated carbocycles. The normalized spacial score (nSPS) is 15.7. The Labute approximate surface area is 215 Å². The Morgan fingerprint density at radius 1 is 0.889 bits per heavy atom. The Morgan fingerprint density at radius 2 is 1.47 bits per heavy atom. The molecule has 190 valence electrons. The first-order valence-corrected chi connectivity index (χ1v) is 13.2. The number of hydrogen-bond acceptors (Lipinski definition) is 4. The summed E-state index contributed by atoms with van der Waals surface area (Å²) in [5.74, 6) is 0.155. The number of carbonyl (C=O) groups excluding carboxylic acids is 1. The van der Waals surface area contributed by atoms with Gasteiger partial charge in [-0.3, -0.25) is 9.69 Å². The van der Waals surface area contributed by atoms with Gasteiger partial charge in [-0.2, -0.15) is 0 Å². The molecule has 1 atom stereocenters. The van der Waals surface area contributed by atoms with Crippen molar-refractivity contribution < 1.29 is 15.0 Å². The summed E-state index contributed by atoms with van der Waals surface area (Å²) in [4.78, 5) is 16.2. The van der Waals surface area contributed by atoms with Crippen molar-refractivity contribution in [2.75, 3.05) is 19.7 Å². The lowest BCUT2D eigenvalue weighted by atomic mass is 9.83. The van der Waals surface area contributed by atoms with E-state index < -0.39 is 5.41 Å². The highest BCUT2D eigenvalue weighted by molar-refractivity contribution is 5.89. The van der Waals surface area contributed by atoms with E-state index in [-0.39, 0.29) is 30.1 Å². The topological polar surface area (TPSA) is 60.8 Å². The third-order valence-electron chi connectivity index (χ3n) is 7.65. The number of ketones is 1. The summed E-state index contributed by atoms with van der Waals surface area (Å²) >= 11 is 0. The Bertz CT molecular complexity index is 1080. The average Bonchev–Trinajstić information content (AvgIpc) is 2.91. The molecule has 0 amide bonds. The minimum atomic E-state index is -0.425. The highest BCUT2D eigenvalue weighted by Crippen LogP contribution is 2.38. The molecule has 4 rings (SSSR count). The molecule has 36 heavy (non-hydrogen) atoms. The van der Waals surface area contributed by atoms with Crippen molar-refractivity contribution in [1.29, 1.82) is 0 Å². The number of Topliss-reactive ketones (excluding diaryl/α,β-unsaturated/α-hetero) is 1. The lowest BCUT2D eigenvalue weighted by Gasteiger charge is -2.36. The van der Waals surface area contributed by atoms with Gasteiger partial charge < -0.3 is 10.2 Å². The minimum absolute atomic E-state index is 0.0101. The van der Waals surface area contributed by atoms with Crippen molar-refractivity contribution in [2.45, 2.75) is 63.3 Å². The number of carbonyl (C=O) groups is 1. The maximum atomic E-state index is 13.8. The van der Waals surface area contributed by atoms with Crippen molar-refractivity contribution in [2.24, 2.45) is 0 Å². The molecular weight excluding hydrogens is 446 g/mol. The van der Waals surface area contributed by atoms with Crippen LogP contribution in [0.4, 0.5) is 0 Å². The zero-order valence-corrected chi connectivity index (χ0v) is 21.6. The molecule has 0 spiro atoms. The van der Waals surface area contributed by atoms with E-state index in [0.29, 0.717) is 12.8 Å². The number of phenols is 1. The molecule has 1 heterocycles. The maximum absolute atomic E-state index is 13.8. The van der Waals surface area contributed by atoms with E-state index in [0.717, 1.165) is 48.2 Å². The zero-order chi connectivity index (χ0) is 25.5. The molecule has 0 bridgehead atoms. The first-order chi connectivity index (χ1) is 17.4. The lowest BCUT2D eigenvalue weighted by Crippen LogP contribution is -2.34. The number of aromatic hydroxyl groups is 1. The van der Waals surface area contributed by atoms with Crippen molar-refractivity contribution in [1.82, 2.24) is 4.90 Å². The summed E-state index contributed by atoms with van der Waals surface area (Å²) in [6.45, 7) is 5.90. The van der Waals surface area contributed by atoms with E-state index in [4.69, 9.17) is 0 Å². The number of aliphatic hydroxyl groups excluding tert-OH is 1. The van der Waals surface area contributed by atoms with Crippen LogP contribution < -0.4 is 0 Å². The Balaban J connectivity index is 1.60. The quantitative estimate of drug-likeness (QED) is 0.350.